The van der Waals surface area contributed by atoms with E-state index in [0.717, 1.165) is 12.1 Å². The Hall–Kier alpha value is -2.80. The van der Waals surface area contributed by atoms with Gasteiger partial charge in [0.05, 0.1) is 13.2 Å². The minimum atomic E-state index is -0.0656. The van der Waals surface area contributed by atoms with Gasteiger partial charge in [-0.1, -0.05) is 6.07 Å². The number of hydrogen-bond acceptors (Lipinski definition) is 6. The van der Waals surface area contributed by atoms with E-state index in [9.17, 15) is 4.79 Å². The van der Waals surface area contributed by atoms with E-state index in [-0.39, 0.29) is 11.9 Å². The number of nitrogens with one attached hydrogen (secondary N) is 1. The maximum atomic E-state index is 13.3. The Balaban J connectivity index is 1.67. The first-order valence-electron chi connectivity index (χ1n) is 8.67. The lowest BCUT2D eigenvalue weighted by molar-refractivity contribution is 0.0632. The molecule has 1 saturated heterocycles. The molecule has 26 heavy (non-hydrogen) atoms. The van der Waals surface area contributed by atoms with Crippen molar-refractivity contribution in [1.82, 2.24) is 15.2 Å². The smallest absolute Gasteiger partial charge is 0.254 e. The Bertz CT molecular complexity index is 780. The molecule has 2 aliphatic heterocycles. The van der Waals surface area contributed by atoms with Crippen LogP contribution in [0.25, 0.3) is 0 Å². The van der Waals surface area contributed by atoms with Crippen LogP contribution in [-0.2, 0) is 0 Å². The predicted octanol–water partition coefficient (Wildman–Crippen LogP) is 1.65. The van der Waals surface area contributed by atoms with Crippen LogP contribution in [0.1, 0.15) is 22.0 Å². The zero-order valence-corrected chi connectivity index (χ0v) is 14.6. The van der Waals surface area contributed by atoms with Crippen molar-refractivity contribution in [2.75, 3.05) is 40.0 Å². The summed E-state index contributed by atoms with van der Waals surface area (Å²) in [6.45, 7) is 3.00. The van der Waals surface area contributed by atoms with Gasteiger partial charge in [-0.15, -0.1) is 0 Å². The second-order valence-corrected chi connectivity index (χ2v) is 6.21. The molecule has 7 heteroatoms. The summed E-state index contributed by atoms with van der Waals surface area (Å²) < 4.78 is 16.7. The molecule has 2 aromatic rings. The largest absolute Gasteiger partial charge is 0.493 e. The van der Waals surface area contributed by atoms with Crippen molar-refractivity contribution in [3.63, 3.8) is 0 Å². The van der Waals surface area contributed by atoms with E-state index in [1.54, 1.807) is 25.4 Å². The molecule has 0 saturated carbocycles. The molecule has 1 amide bonds. The van der Waals surface area contributed by atoms with Gasteiger partial charge in [0.2, 0.25) is 5.75 Å². The van der Waals surface area contributed by atoms with Gasteiger partial charge >= 0.3 is 0 Å². The fourth-order valence-corrected chi connectivity index (χ4v) is 3.38. The van der Waals surface area contributed by atoms with Gasteiger partial charge in [-0.25, -0.2) is 0 Å². The standard InChI is InChI=1S/C19H21N3O4/c1-24-16-9-14(10-17-18(16)26-8-7-25-17)19(23)22-6-5-21-12-15(22)13-3-2-4-20-11-13/h2-4,9-11,15,21H,5-8,12H2,1H3. The highest BCUT2D eigenvalue weighted by Crippen LogP contribution is 2.41. The lowest BCUT2D eigenvalue weighted by atomic mass is 10.0. The number of nitrogens with zero attached hydrogens (tertiary/aromatic N) is 2. The van der Waals surface area contributed by atoms with Crippen molar-refractivity contribution in [3.8, 4) is 17.2 Å². The van der Waals surface area contributed by atoms with Gasteiger partial charge < -0.3 is 24.4 Å². The van der Waals surface area contributed by atoms with Crippen LogP contribution < -0.4 is 19.5 Å². The van der Waals surface area contributed by atoms with Gasteiger partial charge in [0, 0.05) is 37.6 Å². The molecule has 4 rings (SSSR count). The summed E-state index contributed by atoms with van der Waals surface area (Å²) in [5, 5.41) is 3.35. The number of methoxy groups -OCH3 is 1. The number of ether oxygens (including phenoxy) is 3. The van der Waals surface area contributed by atoms with Crippen LogP contribution >= 0.6 is 0 Å². The SMILES string of the molecule is COc1cc(C(=O)N2CCNCC2c2cccnc2)cc2c1OCCO2. The van der Waals surface area contributed by atoms with E-state index in [2.05, 4.69) is 10.3 Å². The number of piperazine rings is 1. The summed E-state index contributed by atoms with van der Waals surface area (Å²) in [6, 6.07) is 7.28. The van der Waals surface area contributed by atoms with Crippen LogP contribution in [0.5, 0.6) is 17.2 Å². The normalized spacial score (nSPS) is 19.1. The summed E-state index contributed by atoms with van der Waals surface area (Å²) in [7, 11) is 1.56. The molecule has 0 spiro atoms. The Kier molecular flexibility index (Phi) is 4.62. The first-order valence-corrected chi connectivity index (χ1v) is 8.67. The van der Waals surface area contributed by atoms with Crippen LogP contribution in [0.3, 0.4) is 0 Å². The number of carbonyl (C=O) groups is 1. The van der Waals surface area contributed by atoms with Crippen LogP contribution in [0.4, 0.5) is 0 Å². The number of carbonyl (C=O) groups excluding carboxylic acids is 1. The number of aromatic nitrogens is 1. The molecule has 3 heterocycles. The molecule has 0 bridgehead atoms. The Morgan fingerprint density at radius 1 is 1.35 bits per heavy atom. The van der Waals surface area contributed by atoms with E-state index in [1.807, 2.05) is 23.2 Å². The predicted molar refractivity (Wildman–Crippen MR) is 94.9 cm³/mol. The van der Waals surface area contributed by atoms with Crippen molar-refractivity contribution in [3.05, 3.63) is 47.8 Å². The lowest BCUT2D eigenvalue weighted by Gasteiger charge is -2.36. The average molecular weight is 355 g/mol. The maximum absolute atomic E-state index is 13.3. The molecule has 2 aliphatic rings. The van der Waals surface area contributed by atoms with Crippen LogP contribution in [0.2, 0.25) is 0 Å². The van der Waals surface area contributed by atoms with E-state index in [0.29, 0.717) is 49.1 Å². The van der Waals surface area contributed by atoms with E-state index in [1.165, 1.54) is 0 Å². The van der Waals surface area contributed by atoms with Crippen molar-refractivity contribution in [2.45, 2.75) is 6.04 Å². The summed E-state index contributed by atoms with van der Waals surface area (Å²) in [5.74, 6) is 1.56. The second-order valence-electron chi connectivity index (χ2n) is 6.21. The quantitative estimate of drug-likeness (QED) is 0.903. The van der Waals surface area contributed by atoms with Crippen molar-refractivity contribution in [1.29, 1.82) is 0 Å². The molecular formula is C19H21N3O4. The highest BCUT2D eigenvalue weighted by molar-refractivity contribution is 5.96. The van der Waals surface area contributed by atoms with Gasteiger partial charge in [-0.2, -0.15) is 0 Å². The number of amides is 1. The molecule has 0 aliphatic carbocycles. The van der Waals surface area contributed by atoms with Crippen molar-refractivity contribution >= 4 is 5.91 Å². The zero-order chi connectivity index (χ0) is 17.9. The van der Waals surface area contributed by atoms with Crippen LogP contribution in [0.15, 0.2) is 36.7 Å². The van der Waals surface area contributed by atoms with E-state index in [4.69, 9.17) is 14.2 Å². The number of benzene rings is 1. The fourth-order valence-electron chi connectivity index (χ4n) is 3.38. The summed E-state index contributed by atoms with van der Waals surface area (Å²) in [4.78, 5) is 19.3. The summed E-state index contributed by atoms with van der Waals surface area (Å²) in [6.07, 6.45) is 3.54. The molecule has 1 fully saturated rings. The molecule has 1 aromatic heterocycles. The molecule has 1 N–H and O–H groups in total. The fraction of sp³-hybridized carbons (Fsp3) is 0.368. The molecule has 0 radical (unpaired) electrons. The molecule has 1 atom stereocenters. The van der Waals surface area contributed by atoms with Gasteiger partial charge in [0.25, 0.3) is 5.91 Å². The van der Waals surface area contributed by atoms with Gasteiger partial charge in [-0.3, -0.25) is 9.78 Å². The second kappa shape index (κ2) is 7.21. The number of pyridine rings is 1. The third kappa shape index (κ3) is 3.06. The minimum Gasteiger partial charge on any atom is -0.493 e. The Labute approximate surface area is 151 Å². The van der Waals surface area contributed by atoms with Crippen molar-refractivity contribution < 1.29 is 19.0 Å². The summed E-state index contributed by atoms with van der Waals surface area (Å²) >= 11 is 0. The molecule has 1 unspecified atom stereocenters. The molecular weight excluding hydrogens is 334 g/mol. The van der Waals surface area contributed by atoms with Crippen molar-refractivity contribution in [2.24, 2.45) is 0 Å². The summed E-state index contributed by atoms with van der Waals surface area (Å²) in [5.41, 5.74) is 1.54. The number of rotatable bonds is 3. The maximum Gasteiger partial charge on any atom is 0.254 e. The first-order chi connectivity index (χ1) is 12.8. The Morgan fingerprint density at radius 3 is 3.04 bits per heavy atom. The van der Waals surface area contributed by atoms with Crippen LogP contribution in [-0.4, -0.2) is 55.7 Å². The monoisotopic (exact) mass is 355 g/mol. The van der Waals surface area contributed by atoms with E-state index >= 15 is 0 Å². The third-order valence-corrected chi connectivity index (χ3v) is 4.65. The third-order valence-electron chi connectivity index (χ3n) is 4.65. The molecule has 136 valence electrons. The zero-order valence-electron chi connectivity index (χ0n) is 14.6. The van der Waals surface area contributed by atoms with Crippen LogP contribution in [0, 0.1) is 0 Å². The highest BCUT2D eigenvalue weighted by Gasteiger charge is 2.30. The average Bonchev–Trinajstić information content (AvgIpc) is 2.73. The van der Waals surface area contributed by atoms with Gasteiger partial charge in [0.15, 0.2) is 11.5 Å². The topological polar surface area (TPSA) is 72.9 Å². The number of hydrogen-bond donors (Lipinski definition) is 1. The van der Waals surface area contributed by atoms with Gasteiger partial charge in [0.1, 0.15) is 13.2 Å². The highest BCUT2D eigenvalue weighted by atomic mass is 16.6. The Morgan fingerprint density at radius 2 is 2.23 bits per heavy atom. The number of fused-ring (bicyclic) bond motifs is 1. The van der Waals surface area contributed by atoms with Gasteiger partial charge in [-0.05, 0) is 23.8 Å². The molecule has 7 nitrogen and oxygen atoms in total. The lowest BCUT2D eigenvalue weighted by Crippen LogP contribution is -2.48. The molecule has 1 aromatic carbocycles. The van der Waals surface area contributed by atoms with E-state index < -0.39 is 0 Å². The minimum absolute atomic E-state index is 0.0596. The first kappa shape index (κ1) is 16.7.